The Kier molecular flexibility index (Phi) is 12.8. The van der Waals surface area contributed by atoms with Gasteiger partial charge in [0.1, 0.15) is 36.1 Å². The van der Waals surface area contributed by atoms with Gasteiger partial charge in [-0.05, 0) is 79.8 Å². The molecular weight excluding hydrogens is 844 g/mol. The van der Waals surface area contributed by atoms with Crippen molar-refractivity contribution in [1.29, 1.82) is 0 Å². The van der Waals surface area contributed by atoms with Crippen LogP contribution in [0.1, 0.15) is 76.3 Å². The maximum atomic E-state index is 14.1. The fraction of sp³-hybridized carbons (Fsp3) is 0.478. The number of hydrogen-bond acceptors (Lipinski definition) is 11. The lowest BCUT2D eigenvalue weighted by Crippen LogP contribution is -2.54. The van der Waals surface area contributed by atoms with Gasteiger partial charge in [-0.2, -0.15) is 0 Å². The van der Waals surface area contributed by atoms with Gasteiger partial charge in [-0.1, -0.05) is 43.6 Å². The predicted octanol–water partition coefficient (Wildman–Crippen LogP) is 7.05. The minimum absolute atomic E-state index is 0.0179. The topological polar surface area (TPSA) is 202 Å². The highest BCUT2D eigenvalue weighted by atomic mass is 35.5. The molecule has 64 heavy (non-hydrogen) atoms. The van der Waals surface area contributed by atoms with Gasteiger partial charge in [0.05, 0.1) is 55.7 Å². The molecule has 0 unspecified atom stereocenters. The van der Waals surface area contributed by atoms with Gasteiger partial charge in [0.2, 0.25) is 11.8 Å². The molecule has 2 aromatic heterocycles. The molecule has 0 spiro atoms. The summed E-state index contributed by atoms with van der Waals surface area (Å²) in [4.78, 5) is 72.8. The molecule has 17 nitrogen and oxygen atoms in total. The van der Waals surface area contributed by atoms with Crippen molar-refractivity contribution in [2.75, 3.05) is 41.6 Å². The number of aromatic amines is 2. The summed E-state index contributed by atoms with van der Waals surface area (Å²) in [7, 11) is 5.63. The summed E-state index contributed by atoms with van der Waals surface area (Å²) in [5.41, 5.74) is 5.97. The van der Waals surface area contributed by atoms with Crippen LogP contribution in [0.5, 0.6) is 5.75 Å². The zero-order chi connectivity index (χ0) is 45.6. The number of methoxy groups -OCH3 is 4. The number of carbonyl (C=O) groups is 4. The standard InChI is InChI=1S/C46H55ClN8O9/c1-22(2)36(51-45(58)62-7)44(57)55-23(3)9-14-33(55)41-48-32-13-11-26-17-31-29-12-10-27(16-28(29)21-64-35(31)18-30(26)39(32)50-41)38-40(47)53-42(49-38)34-15-25(20-60-5)19-54(34)43(56)37(24(4)61-6)52-46(59)63-8/h10-13,16-18,22-25,33-34,36-37H,9,14-15,19-21H2,1-8H3,(H,48,50)(H,49,53)(H,51,58)(H,52,59)/t23-,24+,25-,33-,34-,36-,37-/m0/s1. The zero-order valence-corrected chi connectivity index (χ0v) is 38.0. The average molecular weight is 899 g/mol. The van der Waals surface area contributed by atoms with Gasteiger partial charge in [0.15, 0.2) is 5.15 Å². The Balaban J connectivity index is 1.07. The Morgan fingerprint density at radius 3 is 2.31 bits per heavy atom. The first-order valence-corrected chi connectivity index (χ1v) is 21.9. The molecule has 340 valence electrons. The number of hydrogen-bond donors (Lipinski definition) is 4. The number of ether oxygens (including phenoxy) is 5. The van der Waals surface area contributed by atoms with Crippen molar-refractivity contribution < 1.29 is 42.9 Å². The number of likely N-dealkylation sites (tertiary alicyclic amines) is 2. The first-order valence-electron chi connectivity index (χ1n) is 21.6. The second kappa shape index (κ2) is 18.3. The number of aromatic nitrogens is 4. The summed E-state index contributed by atoms with van der Waals surface area (Å²) in [5, 5.41) is 7.56. The quantitative estimate of drug-likeness (QED) is 0.100. The minimum atomic E-state index is -0.999. The third-order valence-corrected chi connectivity index (χ3v) is 13.2. The van der Waals surface area contributed by atoms with Crippen molar-refractivity contribution in [3.05, 3.63) is 64.8 Å². The molecule has 0 bridgehead atoms. The molecular formula is C46H55ClN8O9. The maximum Gasteiger partial charge on any atom is 0.407 e. The van der Waals surface area contributed by atoms with Crippen LogP contribution >= 0.6 is 11.6 Å². The molecule has 5 aromatic rings. The van der Waals surface area contributed by atoms with E-state index in [1.54, 1.807) is 18.9 Å². The molecule has 7 atom stereocenters. The summed E-state index contributed by atoms with van der Waals surface area (Å²) in [6, 6.07) is 11.7. The smallest absolute Gasteiger partial charge is 0.407 e. The fourth-order valence-corrected chi connectivity index (χ4v) is 9.74. The van der Waals surface area contributed by atoms with E-state index in [9.17, 15) is 19.2 Å². The first kappa shape index (κ1) is 44.7. The number of nitrogens with one attached hydrogen (secondary N) is 4. The monoisotopic (exact) mass is 898 g/mol. The summed E-state index contributed by atoms with van der Waals surface area (Å²) in [6.07, 6.45) is 0.0795. The third-order valence-electron chi connectivity index (χ3n) is 12.9. The normalized spacial score (nSPS) is 20.7. The fourth-order valence-electron chi connectivity index (χ4n) is 9.49. The molecule has 0 radical (unpaired) electrons. The van der Waals surface area contributed by atoms with Gasteiger partial charge in [-0.25, -0.2) is 19.6 Å². The molecule has 5 heterocycles. The van der Waals surface area contributed by atoms with Crippen molar-refractivity contribution >= 4 is 57.4 Å². The number of H-pyrrole nitrogens is 2. The van der Waals surface area contributed by atoms with Crippen LogP contribution in [0.4, 0.5) is 9.59 Å². The number of amides is 4. The maximum absolute atomic E-state index is 14.1. The minimum Gasteiger partial charge on any atom is -0.488 e. The van der Waals surface area contributed by atoms with Gasteiger partial charge >= 0.3 is 12.2 Å². The second-order valence-corrected chi connectivity index (χ2v) is 17.6. The van der Waals surface area contributed by atoms with Gasteiger partial charge in [0, 0.05) is 49.2 Å². The highest BCUT2D eigenvalue weighted by Crippen LogP contribution is 2.45. The first-order chi connectivity index (χ1) is 30.7. The number of nitrogens with zero attached hydrogens (tertiary/aromatic N) is 4. The Hall–Kier alpha value is -5.91. The van der Waals surface area contributed by atoms with Crippen LogP contribution < -0.4 is 15.4 Å². The predicted molar refractivity (Wildman–Crippen MR) is 239 cm³/mol. The van der Waals surface area contributed by atoms with E-state index in [0.717, 1.165) is 62.7 Å². The van der Waals surface area contributed by atoms with E-state index in [1.165, 1.54) is 21.3 Å². The third kappa shape index (κ3) is 8.31. The van der Waals surface area contributed by atoms with Gasteiger partial charge in [-0.3, -0.25) is 9.59 Å². The number of rotatable bonds is 12. The molecule has 8 rings (SSSR count). The number of imidazole rings is 2. The number of fused-ring (bicyclic) bond motifs is 6. The highest BCUT2D eigenvalue weighted by molar-refractivity contribution is 6.32. The molecule has 4 N–H and O–H groups in total. The zero-order valence-electron chi connectivity index (χ0n) is 37.2. The summed E-state index contributed by atoms with van der Waals surface area (Å²) in [6.45, 7) is 8.67. The van der Waals surface area contributed by atoms with Gasteiger partial charge in [0.25, 0.3) is 0 Å². The van der Waals surface area contributed by atoms with Crippen molar-refractivity contribution in [3.63, 3.8) is 0 Å². The van der Waals surface area contributed by atoms with Crippen LogP contribution in [0.15, 0.2) is 42.5 Å². The van der Waals surface area contributed by atoms with Gasteiger partial charge < -0.3 is 54.1 Å². The van der Waals surface area contributed by atoms with E-state index >= 15 is 0 Å². The Morgan fingerprint density at radius 1 is 0.875 bits per heavy atom. The van der Waals surface area contributed by atoms with E-state index in [4.69, 9.17) is 45.3 Å². The number of benzene rings is 3. The van der Waals surface area contributed by atoms with Crippen LogP contribution in [-0.2, 0) is 35.1 Å². The van der Waals surface area contributed by atoms with Crippen LogP contribution in [0, 0.1) is 11.8 Å². The lowest BCUT2D eigenvalue weighted by Gasteiger charge is -2.32. The molecule has 4 amide bonds. The van der Waals surface area contributed by atoms with E-state index in [0.29, 0.717) is 43.5 Å². The number of halogens is 1. The molecule has 3 aliphatic rings. The SMILES string of the molecule is COC[C@H]1C[C@@H](c2nc(Cl)c(-c3ccc4c(c3)COc3cc5c(ccc6nc([C@@H]7CC[C@H](C)N7C(=O)[C@@H](NC(=O)OC)C(C)C)[nH]c65)cc3-4)[nH]2)N(C(=O)[C@@H](NC(=O)OC)[C@@H](C)OC)C1. The molecule has 2 fully saturated rings. The number of alkyl carbamates (subject to hydrolysis) is 2. The Bertz CT molecular complexity index is 2590. The molecule has 0 saturated carbocycles. The highest BCUT2D eigenvalue weighted by Gasteiger charge is 2.44. The van der Waals surface area contributed by atoms with Crippen molar-refractivity contribution in [1.82, 2.24) is 40.4 Å². The Labute approximate surface area is 375 Å². The molecule has 18 heteroatoms. The summed E-state index contributed by atoms with van der Waals surface area (Å²) in [5.74, 6) is 1.31. The van der Waals surface area contributed by atoms with Crippen LogP contribution in [0.3, 0.4) is 0 Å². The molecule has 3 aromatic carbocycles. The van der Waals surface area contributed by atoms with Crippen LogP contribution in [0.25, 0.3) is 44.2 Å². The van der Waals surface area contributed by atoms with Crippen molar-refractivity contribution in [3.8, 4) is 28.1 Å². The lowest BCUT2D eigenvalue weighted by atomic mass is 9.92. The summed E-state index contributed by atoms with van der Waals surface area (Å²) >= 11 is 6.86. The summed E-state index contributed by atoms with van der Waals surface area (Å²) < 4.78 is 27.0. The Morgan fingerprint density at radius 2 is 1.61 bits per heavy atom. The second-order valence-electron chi connectivity index (χ2n) is 17.3. The lowest BCUT2D eigenvalue weighted by molar-refractivity contribution is -0.138. The number of carbonyl (C=O) groups excluding carboxylic acids is 4. The van der Waals surface area contributed by atoms with Gasteiger partial charge in [-0.15, -0.1) is 0 Å². The van der Waals surface area contributed by atoms with Crippen LogP contribution in [-0.4, -0.2) is 120 Å². The molecule has 2 saturated heterocycles. The van der Waals surface area contributed by atoms with Crippen LogP contribution in [0.2, 0.25) is 5.15 Å². The largest absolute Gasteiger partial charge is 0.488 e. The van der Waals surface area contributed by atoms with E-state index in [-0.39, 0.29) is 40.9 Å². The van der Waals surface area contributed by atoms with Crippen molar-refractivity contribution in [2.45, 2.75) is 89.9 Å². The van der Waals surface area contributed by atoms with E-state index < -0.39 is 36.4 Å². The van der Waals surface area contributed by atoms with E-state index in [1.807, 2.05) is 56.0 Å². The average Bonchev–Trinajstić information content (AvgIpc) is 4.10. The van der Waals surface area contributed by atoms with Crippen molar-refractivity contribution in [2.24, 2.45) is 11.8 Å². The molecule has 0 aliphatic carbocycles. The molecule has 3 aliphatic heterocycles. The van der Waals surface area contributed by atoms with E-state index in [2.05, 4.69) is 32.7 Å².